The van der Waals surface area contributed by atoms with E-state index in [1.165, 1.54) is 27.8 Å². The van der Waals surface area contributed by atoms with Crippen molar-refractivity contribution >= 4 is 40.7 Å². The van der Waals surface area contributed by atoms with Crippen LogP contribution in [0.3, 0.4) is 0 Å². The predicted molar refractivity (Wildman–Crippen MR) is 156 cm³/mol. The minimum Gasteiger partial charge on any atom is -0.369 e. The van der Waals surface area contributed by atoms with Gasteiger partial charge < -0.3 is 16.0 Å². The number of hydrogen-bond acceptors (Lipinski definition) is 5. The molecule has 4 aromatic rings. The van der Waals surface area contributed by atoms with Crippen molar-refractivity contribution in [3.05, 3.63) is 71.9 Å². The fraction of sp³-hybridized carbons (Fsp3) is 0.323. The highest BCUT2D eigenvalue weighted by Gasteiger charge is 2.30. The van der Waals surface area contributed by atoms with Crippen molar-refractivity contribution in [3.8, 4) is 22.4 Å². The number of pyridine rings is 2. The van der Waals surface area contributed by atoms with Gasteiger partial charge in [0.2, 0.25) is 5.91 Å². The molecule has 1 saturated heterocycles. The summed E-state index contributed by atoms with van der Waals surface area (Å²) in [5, 5.41) is 4.16. The van der Waals surface area contributed by atoms with Crippen molar-refractivity contribution < 1.29 is 4.79 Å². The number of nitrogens with zero attached hydrogens (tertiary/aromatic N) is 3. The first kappa shape index (κ1) is 24.8. The summed E-state index contributed by atoms with van der Waals surface area (Å²) < 4.78 is 0. The smallest absolute Gasteiger partial charge is 0.228 e. The van der Waals surface area contributed by atoms with Crippen LogP contribution in [0.15, 0.2) is 60.8 Å². The first-order chi connectivity index (χ1) is 18.1. The van der Waals surface area contributed by atoms with Crippen LogP contribution >= 0.6 is 12.4 Å². The lowest BCUT2D eigenvalue weighted by Crippen LogP contribution is -2.27. The molecule has 2 fully saturated rings. The van der Waals surface area contributed by atoms with Gasteiger partial charge >= 0.3 is 0 Å². The van der Waals surface area contributed by atoms with Gasteiger partial charge in [-0.15, -0.1) is 12.4 Å². The summed E-state index contributed by atoms with van der Waals surface area (Å²) in [7, 11) is 0. The molecule has 1 aliphatic heterocycles. The molecule has 3 aliphatic rings. The summed E-state index contributed by atoms with van der Waals surface area (Å²) in [6.45, 7) is 1.83. The Hall–Kier alpha value is -3.48. The summed E-state index contributed by atoms with van der Waals surface area (Å²) in [5.74, 6) is 0.826. The molecular weight excluding hydrogens is 494 g/mol. The van der Waals surface area contributed by atoms with Crippen LogP contribution in [0.25, 0.3) is 33.3 Å². The third-order valence-electron chi connectivity index (χ3n) is 8.03. The zero-order valence-electron chi connectivity index (χ0n) is 21.3. The monoisotopic (exact) mass is 525 g/mol. The summed E-state index contributed by atoms with van der Waals surface area (Å²) >= 11 is 0. The van der Waals surface area contributed by atoms with Crippen LogP contribution in [0.5, 0.6) is 0 Å². The number of carbonyl (C=O) groups excluding carboxylic acids is 1. The van der Waals surface area contributed by atoms with E-state index in [-0.39, 0.29) is 30.3 Å². The molecule has 7 rings (SSSR count). The molecule has 1 saturated carbocycles. The number of amides is 1. The van der Waals surface area contributed by atoms with E-state index in [1.807, 2.05) is 12.1 Å². The number of nitrogens with two attached hydrogens (primary N) is 1. The topological polar surface area (TPSA) is 84.1 Å². The Labute approximate surface area is 229 Å². The number of halogens is 1. The molecule has 38 heavy (non-hydrogen) atoms. The number of hydrogen-bond donors (Lipinski definition) is 2. The van der Waals surface area contributed by atoms with Gasteiger partial charge in [-0.1, -0.05) is 30.3 Å². The second-order valence-corrected chi connectivity index (χ2v) is 10.7. The van der Waals surface area contributed by atoms with Gasteiger partial charge in [-0.3, -0.25) is 4.79 Å². The van der Waals surface area contributed by atoms with Gasteiger partial charge in [0.05, 0.1) is 16.9 Å². The van der Waals surface area contributed by atoms with Crippen molar-refractivity contribution in [1.82, 2.24) is 9.97 Å². The largest absolute Gasteiger partial charge is 0.369 e. The third-order valence-corrected chi connectivity index (χ3v) is 8.03. The first-order valence-electron chi connectivity index (χ1n) is 13.5. The normalized spacial score (nSPS) is 18.3. The maximum absolute atomic E-state index is 12.3. The molecular formula is C31H32ClN5O. The lowest BCUT2D eigenvalue weighted by molar-refractivity contribution is -0.117. The Balaban J connectivity index is 0.00000264. The average molecular weight is 526 g/mol. The molecule has 1 unspecified atom stereocenters. The number of fused-ring (bicyclic) bond motifs is 4. The van der Waals surface area contributed by atoms with E-state index in [0.29, 0.717) is 5.82 Å². The molecule has 6 nitrogen and oxygen atoms in total. The zero-order valence-corrected chi connectivity index (χ0v) is 22.1. The van der Waals surface area contributed by atoms with E-state index in [2.05, 4.69) is 57.7 Å². The molecule has 1 atom stereocenters. The van der Waals surface area contributed by atoms with Crippen LogP contribution in [-0.4, -0.2) is 35.0 Å². The number of aromatic nitrogens is 2. The molecule has 194 valence electrons. The van der Waals surface area contributed by atoms with E-state index < -0.39 is 0 Å². The van der Waals surface area contributed by atoms with Crippen LogP contribution in [-0.2, 0) is 17.6 Å². The summed E-state index contributed by atoms with van der Waals surface area (Å²) in [6, 6.07) is 19.4. The number of rotatable bonds is 4. The standard InChI is InChI=1S/C31H31N5O.ClH/c32-23-13-15-36(18-23)30-25-7-3-5-19-4-1-2-6-24(19)29(25)34-27-11-10-21(16-26(27)30)22-12-14-33-28(17-22)35-31(37)20-8-9-20;/h1-2,4,6,10-12,14,16-17,20,23H,3,5,7-9,13,15,18,32H2,(H,33,35,37);1H. The molecule has 2 aromatic heterocycles. The lowest BCUT2D eigenvalue weighted by Gasteiger charge is -2.26. The van der Waals surface area contributed by atoms with Crippen molar-refractivity contribution in [1.29, 1.82) is 0 Å². The van der Waals surface area contributed by atoms with Gasteiger partial charge in [-0.2, -0.15) is 0 Å². The van der Waals surface area contributed by atoms with Crippen molar-refractivity contribution in [2.75, 3.05) is 23.3 Å². The highest BCUT2D eigenvalue weighted by molar-refractivity contribution is 6.00. The maximum atomic E-state index is 12.3. The fourth-order valence-electron chi connectivity index (χ4n) is 5.95. The molecule has 2 aliphatic carbocycles. The minimum atomic E-state index is 0. The minimum absolute atomic E-state index is 0. The fourth-order valence-corrected chi connectivity index (χ4v) is 5.95. The SMILES string of the molecule is Cl.NC1CCN(c2c3c(nc4ccc(-c5ccnc(NC(=O)C6CC6)c5)cc24)-c2ccccc2CCC3)C1. The lowest BCUT2D eigenvalue weighted by atomic mass is 9.96. The van der Waals surface area contributed by atoms with Crippen LogP contribution in [0.1, 0.15) is 36.8 Å². The summed E-state index contributed by atoms with van der Waals surface area (Å²) in [4.78, 5) is 24.4. The average Bonchev–Trinajstić information content (AvgIpc) is 3.71. The maximum Gasteiger partial charge on any atom is 0.228 e. The van der Waals surface area contributed by atoms with Crippen LogP contribution in [0.2, 0.25) is 0 Å². The summed E-state index contributed by atoms with van der Waals surface area (Å²) in [5.41, 5.74) is 15.9. The Bertz CT molecular complexity index is 1530. The number of nitrogens with one attached hydrogen (secondary N) is 1. The second-order valence-electron chi connectivity index (χ2n) is 10.7. The zero-order chi connectivity index (χ0) is 24.9. The van der Waals surface area contributed by atoms with Gasteiger partial charge in [-0.05, 0) is 79.5 Å². The molecule has 3 N–H and O–H groups in total. The number of anilines is 2. The van der Waals surface area contributed by atoms with Gasteiger partial charge in [0.25, 0.3) is 0 Å². The molecule has 0 bridgehead atoms. The van der Waals surface area contributed by atoms with Gasteiger partial charge in [0.1, 0.15) is 5.82 Å². The van der Waals surface area contributed by atoms with Gasteiger partial charge in [0.15, 0.2) is 0 Å². The van der Waals surface area contributed by atoms with Gasteiger partial charge in [-0.25, -0.2) is 9.97 Å². The Kier molecular flexibility index (Phi) is 6.54. The highest BCUT2D eigenvalue weighted by Crippen LogP contribution is 2.42. The van der Waals surface area contributed by atoms with Gasteiger partial charge in [0, 0.05) is 47.8 Å². The Morgan fingerprint density at radius 2 is 1.84 bits per heavy atom. The molecule has 0 radical (unpaired) electrons. The third kappa shape index (κ3) is 4.52. The van der Waals surface area contributed by atoms with E-state index in [9.17, 15) is 4.79 Å². The highest BCUT2D eigenvalue weighted by atomic mass is 35.5. The van der Waals surface area contributed by atoms with Crippen LogP contribution in [0, 0.1) is 5.92 Å². The van der Waals surface area contributed by atoms with E-state index in [0.717, 1.165) is 74.0 Å². The molecule has 0 spiro atoms. The Morgan fingerprint density at radius 3 is 2.66 bits per heavy atom. The van der Waals surface area contributed by atoms with Crippen LogP contribution < -0.4 is 16.0 Å². The molecule has 1 amide bonds. The number of carbonyl (C=O) groups is 1. The quantitative estimate of drug-likeness (QED) is 0.354. The predicted octanol–water partition coefficient (Wildman–Crippen LogP) is 5.76. The number of benzene rings is 2. The molecule has 7 heteroatoms. The number of aryl methyl sites for hydroxylation is 1. The molecule has 2 aromatic carbocycles. The summed E-state index contributed by atoms with van der Waals surface area (Å²) in [6.07, 6.45) is 7.91. The van der Waals surface area contributed by atoms with Crippen LogP contribution in [0.4, 0.5) is 11.5 Å². The second kappa shape index (κ2) is 10.0. The van der Waals surface area contributed by atoms with E-state index in [4.69, 9.17) is 10.7 Å². The van der Waals surface area contributed by atoms with E-state index in [1.54, 1.807) is 6.20 Å². The van der Waals surface area contributed by atoms with Crippen molar-refractivity contribution in [2.24, 2.45) is 11.7 Å². The first-order valence-corrected chi connectivity index (χ1v) is 13.5. The molecule has 3 heterocycles. The Morgan fingerprint density at radius 1 is 1.00 bits per heavy atom. The van der Waals surface area contributed by atoms with Crippen molar-refractivity contribution in [2.45, 2.75) is 44.6 Å². The van der Waals surface area contributed by atoms with Crippen molar-refractivity contribution in [3.63, 3.8) is 0 Å². The van der Waals surface area contributed by atoms with E-state index >= 15 is 0 Å².